The number of benzene rings is 2. The maximum Gasteiger partial charge on any atom is 0.295 e. The van der Waals surface area contributed by atoms with Crippen LogP contribution in [0.2, 0.25) is 0 Å². The van der Waals surface area contributed by atoms with Gasteiger partial charge in [-0.2, -0.15) is 0 Å². The fraction of sp³-hybridized carbons (Fsp3) is 0.711. The minimum Gasteiger partial charge on any atom is -0.507 e. The van der Waals surface area contributed by atoms with Crippen LogP contribution in [0.5, 0.6) is 5.75 Å². The van der Waals surface area contributed by atoms with E-state index in [1.165, 1.54) is 0 Å². The second-order valence-electron chi connectivity index (χ2n) is 35.2. The lowest BCUT2D eigenvalue weighted by Crippen LogP contribution is -2.58. The average molecular weight is 2030 g/mol. The number of amides is 5. The van der Waals surface area contributed by atoms with Crippen LogP contribution in [0.3, 0.4) is 0 Å². The first-order valence-corrected chi connectivity index (χ1v) is 49.2. The van der Waals surface area contributed by atoms with Gasteiger partial charge in [0.05, 0.1) is 247 Å². The molecule has 0 spiro atoms. The molecule has 2 aromatic carbocycles. The Morgan fingerprint density at radius 2 is 0.951 bits per heavy atom. The van der Waals surface area contributed by atoms with Crippen LogP contribution in [0.1, 0.15) is 101 Å². The molecule has 5 saturated heterocycles. The van der Waals surface area contributed by atoms with E-state index in [1.807, 2.05) is 44.3 Å². The largest absolute Gasteiger partial charge is 0.507 e. The molecule has 0 aliphatic carbocycles. The Morgan fingerprint density at radius 1 is 0.497 bits per heavy atom. The molecule has 46 nitrogen and oxygen atoms in total. The van der Waals surface area contributed by atoms with Gasteiger partial charge in [0.25, 0.3) is 11.7 Å². The number of hydrogen-bond donors (Lipinski definition) is 13. The summed E-state index contributed by atoms with van der Waals surface area (Å²) in [5, 5.41) is 112. The fourth-order valence-corrected chi connectivity index (χ4v) is 16.0. The van der Waals surface area contributed by atoms with E-state index in [4.69, 9.17) is 94.7 Å². The van der Waals surface area contributed by atoms with Crippen molar-refractivity contribution >= 4 is 46.9 Å². The Hall–Kier alpha value is -8.36. The number of aromatic nitrogens is 4. The van der Waals surface area contributed by atoms with Crippen LogP contribution in [0.25, 0.3) is 17.0 Å². The van der Waals surface area contributed by atoms with Gasteiger partial charge < -0.3 is 167 Å². The molecule has 46 heteroatoms. The highest BCUT2D eigenvalue weighted by atomic mass is 16.7. The highest BCUT2D eigenvalue weighted by Crippen LogP contribution is 2.41. The molecule has 0 radical (unpaired) electrons. The van der Waals surface area contributed by atoms with Crippen LogP contribution in [-0.4, -0.2) is 447 Å². The first-order chi connectivity index (χ1) is 69.3. The van der Waals surface area contributed by atoms with Gasteiger partial charge in [0.1, 0.15) is 66.5 Å². The number of ketones is 2. The maximum absolute atomic E-state index is 14.1. The molecule has 143 heavy (non-hydrogen) atoms. The van der Waals surface area contributed by atoms with E-state index in [9.17, 15) is 79.5 Å². The molecular formula is C97H150N10O36. The molecule has 7 heterocycles. The van der Waals surface area contributed by atoms with E-state index in [-0.39, 0.29) is 247 Å². The summed E-state index contributed by atoms with van der Waals surface area (Å²) in [5.74, 6) is -4.87. The zero-order valence-electron chi connectivity index (χ0n) is 82.6. The van der Waals surface area contributed by atoms with Crippen molar-refractivity contribution in [1.29, 1.82) is 0 Å². The number of aliphatic hydroxyl groups excluding tert-OH is 9. The van der Waals surface area contributed by atoms with E-state index in [2.05, 4.69) is 41.5 Å². The number of morpholine rings is 1. The van der Waals surface area contributed by atoms with Crippen LogP contribution < -0.4 is 26.0 Å². The number of rotatable bonds is 73. The van der Waals surface area contributed by atoms with Gasteiger partial charge in [0, 0.05) is 119 Å². The molecule has 5 amide bonds. The number of aryl methyl sites for hydroxylation is 1. The van der Waals surface area contributed by atoms with E-state index in [0.717, 1.165) is 30.8 Å². The summed E-state index contributed by atoms with van der Waals surface area (Å²) in [5.41, 5.74) is 2.58. The van der Waals surface area contributed by atoms with E-state index in [0.29, 0.717) is 73.9 Å². The topological polar surface area (TPSA) is 584 Å². The normalized spacial score (nSPS) is 24.0. The zero-order valence-corrected chi connectivity index (χ0v) is 82.6. The first-order valence-electron chi connectivity index (χ1n) is 49.2. The fourth-order valence-electron chi connectivity index (χ4n) is 16.0. The molecule has 9 rings (SSSR count). The molecule has 16 unspecified atom stereocenters. The predicted octanol–water partition coefficient (Wildman–Crippen LogP) is -1.01. The highest BCUT2D eigenvalue weighted by Gasteiger charge is 2.48. The second-order valence-corrected chi connectivity index (χ2v) is 35.2. The number of hydrogen-bond acceptors (Lipinski definition) is 40. The number of ether oxygens (including phenoxy) is 20. The number of aliphatic hydroxyl groups is 9. The molecule has 2 aromatic heterocycles. The SMILES string of the molecule is CCC1OC(OCCOCCOCCNC(=O)CCOCC(COCCC(=O)NCCOCCOCCOC2OC(CO)C(O)C(O)C2C)(COCCC(=O)NCCOCCOCCOC2OC(CO)C(O)C(O)C2C)NC(=O)CCC(=O)COCCOCCOCCn2cc(-c3ccc(COc4ccc(C(O)=C5C(=O)C(=O)N(CCCN6CCOCC6)C5c5ccncc5)cc4C)cc3)nn2)C(C)C(O)C1O. The molecule has 5 aliphatic rings. The summed E-state index contributed by atoms with van der Waals surface area (Å²) in [6.07, 6.45) is -6.57. The summed E-state index contributed by atoms with van der Waals surface area (Å²) in [6.45, 7) is 14.5. The number of carbonyl (C=O) groups is 7. The van der Waals surface area contributed by atoms with Gasteiger partial charge in [0.2, 0.25) is 23.6 Å². The van der Waals surface area contributed by atoms with E-state index in [1.54, 1.807) is 73.1 Å². The maximum atomic E-state index is 14.1. The number of likely N-dealkylation sites (tertiary alicyclic amines) is 1. The summed E-state index contributed by atoms with van der Waals surface area (Å²) in [6, 6.07) is 15.5. The average Bonchev–Trinajstić information content (AvgIpc) is 1.60. The molecule has 5 aliphatic heterocycles. The van der Waals surface area contributed by atoms with Crippen molar-refractivity contribution in [2.45, 2.75) is 178 Å². The minimum atomic E-state index is -1.54. The third-order valence-corrected chi connectivity index (χ3v) is 24.4. The van der Waals surface area contributed by atoms with Crippen LogP contribution >= 0.6 is 0 Å². The van der Waals surface area contributed by atoms with Crippen molar-refractivity contribution in [2.75, 3.05) is 251 Å². The van der Waals surface area contributed by atoms with Gasteiger partial charge >= 0.3 is 0 Å². The first kappa shape index (κ1) is 118. The Morgan fingerprint density at radius 3 is 1.43 bits per heavy atom. The molecule has 16 atom stereocenters. The molecule has 5 fully saturated rings. The zero-order chi connectivity index (χ0) is 103. The summed E-state index contributed by atoms with van der Waals surface area (Å²) < 4.78 is 116. The van der Waals surface area contributed by atoms with Gasteiger partial charge in [-0.05, 0) is 66.8 Å². The van der Waals surface area contributed by atoms with Crippen LogP contribution in [0.15, 0.2) is 78.8 Å². The van der Waals surface area contributed by atoms with Gasteiger partial charge in [-0.15, -0.1) is 5.10 Å². The number of carbonyl (C=O) groups excluding carboxylic acids is 7. The molecule has 4 aromatic rings. The summed E-state index contributed by atoms with van der Waals surface area (Å²) in [4.78, 5) is 102. The quantitative estimate of drug-likeness (QED) is 0.0109. The lowest BCUT2D eigenvalue weighted by Gasteiger charge is -2.41. The lowest BCUT2D eigenvalue weighted by atomic mass is 9.91. The van der Waals surface area contributed by atoms with Crippen molar-refractivity contribution < 1.29 is 174 Å². The number of pyridine rings is 1. The molecule has 13 N–H and O–H groups in total. The minimum absolute atomic E-state index is 0.0170. The van der Waals surface area contributed by atoms with Gasteiger partial charge in [-0.25, -0.2) is 4.68 Å². The Kier molecular flexibility index (Phi) is 54.6. The van der Waals surface area contributed by atoms with Gasteiger partial charge in [-0.3, -0.25) is 43.4 Å². The van der Waals surface area contributed by atoms with Crippen molar-refractivity contribution in [2.24, 2.45) is 17.8 Å². The highest BCUT2D eigenvalue weighted by molar-refractivity contribution is 6.46. The van der Waals surface area contributed by atoms with Crippen molar-refractivity contribution in [1.82, 2.24) is 51.0 Å². The van der Waals surface area contributed by atoms with Crippen LogP contribution in [0.4, 0.5) is 0 Å². The monoisotopic (exact) mass is 2030 g/mol. The van der Waals surface area contributed by atoms with Crippen LogP contribution in [0, 0.1) is 24.7 Å². The number of nitrogens with one attached hydrogen (secondary N) is 4. The molecule has 0 bridgehead atoms. The van der Waals surface area contributed by atoms with Crippen LogP contribution in [-0.2, 0) is 137 Å². The smallest absolute Gasteiger partial charge is 0.295 e. The Balaban J connectivity index is 0.692. The lowest BCUT2D eigenvalue weighted by molar-refractivity contribution is -0.284. The van der Waals surface area contributed by atoms with E-state index >= 15 is 0 Å². The standard InChI is InChI=1S/C97H150N10O36/c1-6-75-89(119)85(115)66(3)94(141-75)137-53-50-130-44-40-124-34-23-99-79(111)18-31-134-62-97(63-135-32-19-80(112)100-24-35-125-41-45-131-51-54-138-95-67(4)86(116)90(120)77(58-108)142-95,64-136-33-20-81(113)101-25-36-126-42-46-132-52-55-139-96-68(5)87(117)91(121)78(59-109)143-96)102-82(114)15-13-73(110)61-133-49-48-129-47-43-128-39-30-106-57-74(103-104-106)70-10-8-69(9-11-70)60-140-76-14-12-72(56-65(76)2)88(118)83-84(71-16-21-98-22-17-71)107(93(123)92(83)122)27-7-26-105-28-37-127-38-29-105/h8-12,14,16-17,21-22,56-57,66-68,75,77-78,84-87,89-91,94-96,108-109,115-121H,6-7,13,15,18-20,23-55,58-64H2,1-5H3,(H,99,111)(H,100,112)(H,101,113)(H,102,114). The van der Waals surface area contributed by atoms with Crippen molar-refractivity contribution in [3.8, 4) is 17.0 Å². The second kappa shape index (κ2) is 66.1. The van der Waals surface area contributed by atoms with Gasteiger partial charge in [0.15, 0.2) is 24.7 Å². The third-order valence-electron chi connectivity index (χ3n) is 24.4. The Bertz CT molecular complexity index is 4170. The van der Waals surface area contributed by atoms with E-state index < -0.39 is 152 Å². The van der Waals surface area contributed by atoms with Crippen molar-refractivity contribution in [3.63, 3.8) is 0 Å². The van der Waals surface area contributed by atoms with Crippen molar-refractivity contribution in [3.05, 3.63) is 101 Å². The molecule has 804 valence electrons. The molecular weight excluding hydrogens is 1880 g/mol. The predicted molar refractivity (Wildman–Crippen MR) is 506 cm³/mol. The summed E-state index contributed by atoms with van der Waals surface area (Å²) >= 11 is 0. The third kappa shape index (κ3) is 40.7. The number of Topliss-reactive ketones (excluding diaryl/α,β-unsaturated/α-hetero) is 2. The number of nitrogens with zero attached hydrogens (tertiary/aromatic N) is 6. The van der Waals surface area contributed by atoms with Gasteiger partial charge in [-0.1, -0.05) is 57.2 Å². The molecule has 0 saturated carbocycles. The summed E-state index contributed by atoms with van der Waals surface area (Å²) in [7, 11) is 0. The Labute approximate surface area is 833 Å².